The van der Waals surface area contributed by atoms with Crippen LogP contribution in [0.15, 0.2) is 60.7 Å². The Morgan fingerprint density at radius 2 is 0.739 bits per heavy atom. The first-order valence-electron chi connectivity index (χ1n) is 42.0. The second-order valence-electron chi connectivity index (χ2n) is 31.0. The van der Waals surface area contributed by atoms with E-state index in [9.17, 15) is 156 Å². The summed E-state index contributed by atoms with van der Waals surface area (Å²) in [6, 6.07) is 1.24. The van der Waals surface area contributed by atoms with E-state index in [4.69, 9.17) is 10.8 Å². The van der Waals surface area contributed by atoms with Gasteiger partial charge >= 0.3 is 59.7 Å². The number of carboxylic acid groups (broad SMARTS) is 10. The van der Waals surface area contributed by atoms with Gasteiger partial charge in [-0.15, -0.1) is 0 Å². The fourth-order valence-electron chi connectivity index (χ4n) is 13.2. The van der Waals surface area contributed by atoms with Gasteiger partial charge in [-0.3, -0.25) is 72.2 Å². The molecule has 0 spiro atoms. The normalized spacial score (nSPS) is 13.0. The van der Waals surface area contributed by atoms with E-state index in [-0.39, 0.29) is 78.1 Å². The number of ketones is 1. The van der Waals surface area contributed by atoms with Crippen LogP contribution < -0.4 is 64.2 Å². The van der Waals surface area contributed by atoms with E-state index in [2.05, 4.69) is 42.1 Å². The lowest BCUT2D eigenvalue weighted by Gasteiger charge is -2.19. The molecular weight excluding hydrogens is 1830 g/mol. The molecule has 0 aliphatic carbocycles. The Hall–Kier alpha value is -13.4. The number of benzene rings is 3. The number of hydrogen-bond acceptors (Lipinski definition) is 24. The third-order valence-electron chi connectivity index (χ3n) is 20.4. The van der Waals surface area contributed by atoms with Crippen LogP contribution in [0.4, 0.5) is 15.9 Å². The van der Waals surface area contributed by atoms with Crippen molar-refractivity contribution in [3.8, 4) is 11.1 Å². The Labute approximate surface area is 786 Å². The summed E-state index contributed by atoms with van der Waals surface area (Å²) in [5.74, 6) is -28.5. The second kappa shape index (κ2) is 62.1. The average molecular weight is 1950 g/mol. The molecule has 0 aliphatic rings. The number of halogens is 1. The van der Waals surface area contributed by atoms with Crippen molar-refractivity contribution in [3.05, 3.63) is 77.6 Å². The molecule has 46 nitrogen and oxygen atoms in total. The van der Waals surface area contributed by atoms with E-state index in [0.717, 1.165) is 67.0 Å². The number of aromatic nitrogens is 2. The predicted octanol–water partition coefficient (Wildman–Crippen LogP) is 2.19. The minimum atomic E-state index is -1.88. The minimum absolute atomic E-state index is 0. The highest BCUT2D eigenvalue weighted by Gasteiger charge is 2.33. The molecular formula is C84H117FN14O32S3. The van der Waals surface area contributed by atoms with Crippen molar-refractivity contribution in [2.45, 2.75) is 260 Å². The van der Waals surface area contributed by atoms with E-state index < -0.39 is 307 Å². The molecule has 0 aliphatic heterocycles. The summed E-state index contributed by atoms with van der Waals surface area (Å²) >= 11 is 0. The van der Waals surface area contributed by atoms with Gasteiger partial charge in [-0.25, -0.2) is 42.7 Å². The fourth-order valence-corrected chi connectivity index (χ4v) is 13.2. The number of aliphatic carboxylic acids is 10. The Morgan fingerprint density at radius 1 is 0.373 bits per heavy atom. The molecule has 1 aromatic heterocycles. The van der Waals surface area contributed by atoms with Gasteiger partial charge in [0, 0.05) is 82.9 Å². The van der Waals surface area contributed by atoms with Gasteiger partial charge in [0.2, 0.25) is 65.0 Å². The van der Waals surface area contributed by atoms with E-state index >= 15 is 0 Å². The van der Waals surface area contributed by atoms with Gasteiger partial charge in [-0.2, -0.15) is 45.6 Å². The highest BCUT2D eigenvalue weighted by atomic mass is 32.1. The van der Waals surface area contributed by atoms with E-state index in [0.29, 0.717) is 35.4 Å². The van der Waals surface area contributed by atoms with Crippen molar-refractivity contribution >= 4 is 193 Å². The molecule has 4 rings (SSSR count). The number of carbonyl (C=O) groups excluding carboxylic acids is 12. The summed E-state index contributed by atoms with van der Waals surface area (Å²) < 4.78 is 14.3. The van der Waals surface area contributed by atoms with Crippen molar-refractivity contribution in [2.75, 3.05) is 17.2 Å². The smallest absolute Gasteiger partial charge is 0.326 e. The highest BCUT2D eigenvalue weighted by molar-refractivity contribution is 7.59. The predicted molar refractivity (Wildman–Crippen MR) is 485 cm³/mol. The van der Waals surface area contributed by atoms with Crippen LogP contribution in [0.3, 0.4) is 0 Å². The summed E-state index contributed by atoms with van der Waals surface area (Å²) in [4.78, 5) is 272. The number of rotatable bonds is 66. The first-order valence-corrected chi connectivity index (χ1v) is 42.0. The van der Waals surface area contributed by atoms with Gasteiger partial charge < -0.3 is 115 Å². The van der Waals surface area contributed by atoms with Crippen molar-refractivity contribution < 1.29 is 161 Å². The summed E-state index contributed by atoms with van der Waals surface area (Å²) in [6.45, 7) is 2.08. The van der Waals surface area contributed by atoms with Crippen LogP contribution in [0, 0.1) is 18.7 Å². The number of fused-ring (bicyclic) bond motifs is 1. The van der Waals surface area contributed by atoms with Crippen LogP contribution in [-0.4, -0.2) is 253 Å². The Morgan fingerprint density at radius 3 is 1.11 bits per heavy atom. The molecule has 4 aromatic rings. The molecule has 0 bridgehead atoms. The summed E-state index contributed by atoms with van der Waals surface area (Å²) in [5.41, 5.74) is 9.92. The Bertz CT molecular complexity index is 4770. The van der Waals surface area contributed by atoms with Crippen LogP contribution in [0.5, 0.6) is 0 Å². The molecule has 0 saturated carbocycles. The zero-order chi connectivity index (χ0) is 97.6. The van der Waals surface area contributed by atoms with Crippen LogP contribution in [0.25, 0.3) is 22.0 Å². The monoisotopic (exact) mass is 1950 g/mol. The van der Waals surface area contributed by atoms with Gasteiger partial charge in [0.25, 0.3) is 0 Å². The molecule has 0 radical (unpaired) electrons. The maximum absolute atomic E-state index is 14.3. The zero-order valence-corrected chi connectivity index (χ0v) is 76.0. The number of anilines is 2. The summed E-state index contributed by atoms with van der Waals surface area (Å²) in [7, 11) is 0. The van der Waals surface area contributed by atoms with E-state index in [1.807, 2.05) is 63.8 Å². The highest BCUT2D eigenvalue weighted by Crippen LogP contribution is 2.34. The lowest BCUT2D eigenvalue weighted by molar-refractivity contribution is -0.146. The van der Waals surface area contributed by atoms with Gasteiger partial charge in [-0.1, -0.05) is 86.9 Å². The fraction of sp³-hybridized carbons (Fsp3) is 0.512. The number of hydrogen-bond donors (Lipinski definition) is 23. The van der Waals surface area contributed by atoms with Crippen LogP contribution in [0.2, 0.25) is 0 Å². The van der Waals surface area contributed by atoms with E-state index in [1.54, 1.807) is 24.3 Å². The first kappa shape index (κ1) is 119. The van der Waals surface area contributed by atoms with Crippen molar-refractivity contribution in [2.24, 2.45) is 11.7 Å². The quantitative estimate of drug-likeness (QED) is 0.0282. The first-order chi connectivity index (χ1) is 61.9. The molecule has 134 heavy (non-hydrogen) atoms. The number of aryl methyl sites for hydroxylation is 1. The number of unbranched alkanes of at least 4 members (excludes halogenated alkanes) is 8. The van der Waals surface area contributed by atoms with Crippen molar-refractivity contribution in [1.29, 1.82) is 0 Å². The lowest BCUT2D eigenvalue weighted by Crippen LogP contribution is -2.50. The molecule has 740 valence electrons. The number of nitrogens with two attached hydrogens (primary N) is 1. The van der Waals surface area contributed by atoms with Gasteiger partial charge in [0.05, 0.1) is 35.7 Å². The zero-order valence-electron chi connectivity index (χ0n) is 73.0. The third-order valence-corrected chi connectivity index (χ3v) is 20.4. The molecule has 24 N–H and O–H groups in total. The Balaban J connectivity index is 0.0000299. The topological polar surface area (TPSA) is 765 Å². The molecule has 50 heteroatoms. The number of carbonyl (C=O) groups is 22. The van der Waals surface area contributed by atoms with E-state index in [1.165, 1.54) is 6.07 Å². The number of amides is 11. The van der Waals surface area contributed by atoms with Crippen LogP contribution in [0.1, 0.15) is 204 Å². The maximum atomic E-state index is 14.3. The SMILES string of the molecule is Cc1ccc(F)c(CC(=O)Nc2ccc(-c3cccc4[nH]nc(NC(=O)CCCCCCCCCCCNC(=O)C[C@H](N)C(=O)N[C@@H](CCC(=O)N[C@@H](CCC(=O)N[C@@H](CCC(=O)N[C@@H](CCC(=O)N[C@@H](CCC(=O)N[C@@H](CCC(=O)N[C@@H](CCC(=O)N[C@@H](CCC(=O)C[C@@H](CCC(=O)O)C(=O)O)C(=O)O)C(=O)O)C(=O)O)C(=O)O)C(=O)O)C(=O)O)C(=O)O)C(=O)O)c34)cc2)c1.S.S.S. The lowest BCUT2D eigenvalue weighted by atomic mass is 9.94. The standard InChI is InChI=1S/C84H111FN14O32.3H2S/c1-44-15-22-51(85)47(40-44)42-71(110)88-48-19-16-45(17-20-48)50-12-11-13-53-73(50)74(99-98-53)97-62(101)14-9-7-5-3-2-4-6-8-10-39-87-70(109)43-52(86)75(113)96-61(84(130)131)30-37-69(108)95-60(83(128)129)29-36-68(107)94-59(82(126)127)28-35-67(106)93-58(81(124)125)27-34-66(105)92-57(80(122)123)26-33-65(104)91-56(79(120)121)25-32-64(103)90-55(78(118)119)24-31-63(102)89-54(77(116)117)23-21-49(100)41-46(76(114)115)18-38-72(111)112;;;/h11-13,15-17,19-20,22,40,46,52,54-61H,2-10,14,18,21,23-39,41-43,86H2,1H3,(H,87,109)(H,88,110)(H,89,102)(H,90,103)(H,91,104)(H,92,105)(H,93,106)(H,94,107)(H,95,108)(H,96,113)(H,111,112)(H,114,115)(H,116,117)(H,118,119)(H,120,121)(H,122,123)(H,124,125)(H,126,127)(H,128,129)(H,130,131)(H2,97,98,99,101);3*1H2/t46-,52+,54+,55+,56+,57+,58+,59+,60+,61+;;;/m1.../s1. The molecule has 0 saturated heterocycles. The van der Waals surface area contributed by atoms with Crippen LogP contribution >= 0.6 is 40.5 Å². The van der Waals surface area contributed by atoms with Gasteiger partial charge in [0.1, 0.15) is 59.9 Å². The molecule has 0 unspecified atom stereocenters. The Kier molecular flexibility index (Phi) is 55.0. The molecule has 3 aromatic carbocycles. The minimum Gasteiger partial charge on any atom is -0.481 e. The summed E-state index contributed by atoms with van der Waals surface area (Å²) in [5, 5.41) is 129. The molecule has 1 heterocycles. The largest absolute Gasteiger partial charge is 0.481 e. The van der Waals surface area contributed by atoms with Crippen molar-refractivity contribution in [1.82, 2.24) is 58.0 Å². The number of nitrogens with zero attached hydrogens (tertiary/aromatic N) is 1. The average Bonchev–Trinajstić information content (AvgIpc) is 1.60. The van der Waals surface area contributed by atoms with Crippen molar-refractivity contribution in [3.63, 3.8) is 0 Å². The molecule has 10 atom stereocenters. The maximum Gasteiger partial charge on any atom is 0.326 e. The number of Topliss-reactive ketones (excluding diaryl/α,β-unsaturated/α-hetero) is 1. The number of aromatic amines is 1. The second-order valence-corrected chi connectivity index (χ2v) is 31.0. The third kappa shape index (κ3) is 46.1. The number of nitrogens with one attached hydrogen (secondary N) is 12. The summed E-state index contributed by atoms with van der Waals surface area (Å²) in [6.07, 6.45) is -5.71. The molecule has 0 fully saturated rings. The van der Waals surface area contributed by atoms with Gasteiger partial charge in [0.15, 0.2) is 5.82 Å². The van der Waals surface area contributed by atoms with Gasteiger partial charge in [-0.05, 0) is 119 Å². The molecule has 11 amide bonds. The number of H-pyrrole nitrogens is 1. The van der Waals surface area contributed by atoms with Crippen LogP contribution in [-0.2, 0) is 112 Å². The number of carboxylic acids is 10.